The van der Waals surface area contributed by atoms with Gasteiger partial charge in [0.1, 0.15) is 17.7 Å². The minimum Gasteiger partial charge on any atom is -0.444 e. The molecule has 2 rings (SSSR count). The number of rotatable bonds is 9. The number of nitrogens with zero attached hydrogens (tertiary/aromatic N) is 1. The van der Waals surface area contributed by atoms with E-state index < -0.39 is 23.8 Å². The number of carbonyl (C=O) groups excluding carboxylic acids is 3. The van der Waals surface area contributed by atoms with Crippen LogP contribution < -0.4 is 10.6 Å². The van der Waals surface area contributed by atoms with Crippen molar-refractivity contribution in [1.29, 1.82) is 0 Å². The molecule has 0 heterocycles. The zero-order valence-corrected chi connectivity index (χ0v) is 22.2. The van der Waals surface area contributed by atoms with Crippen molar-refractivity contribution in [3.05, 3.63) is 42.0 Å². The van der Waals surface area contributed by atoms with Gasteiger partial charge in [-0.15, -0.1) is 0 Å². The van der Waals surface area contributed by atoms with E-state index in [9.17, 15) is 14.4 Å². The van der Waals surface area contributed by atoms with Crippen molar-refractivity contribution in [1.82, 2.24) is 15.5 Å². The second-order valence-corrected chi connectivity index (χ2v) is 10.6. The van der Waals surface area contributed by atoms with Gasteiger partial charge in [0.15, 0.2) is 0 Å². The highest BCUT2D eigenvalue weighted by atomic mass is 16.6. The van der Waals surface area contributed by atoms with E-state index in [-0.39, 0.29) is 23.8 Å². The van der Waals surface area contributed by atoms with Crippen molar-refractivity contribution >= 4 is 24.0 Å². The van der Waals surface area contributed by atoms with Crippen molar-refractivity contribution < 1.29 is 19.1 Å². The van der Waals surface area contributed by atoms with Crippen molar-refractivity contribution in [2.24, 2.45) is 5.92 Å². The normalized spacial score (nSPS) is 16.2. The summed E-state index contributed by atoms with van der Waals surface area (Å²) in [6.07, 6.45) is 6.32. The molecule has 0 radical (unpaired) electrons. The summed E-state index contributed by atoms with van der Waals surface area (Å²) in [5, 5.41) is 5.93. The lowest BCUT2D eigenvalue weighted by Gasteiger charge is -2.36. The van der Waals surface area contributed by atoms with E-state index in [2.05, 4.69) is 17.2 Å². The number of nitrogens with one attached hydrogen (secondary N) is 2. The fraction of sp³-hybridized carbons (Fsp3) is 0.607. The molecule has 7 heteroatoms. The quantitative estimate of drug-likeness (QED) is 0.502. The first-order valence-electron chi connectivity index (χ1n) is 12.8. The van der Waals surface area contributed by atoms with Crippen molar-refractivity contribution in [3.63, 3.8) is 0 Å². The van der Waals surface area contributed by atoms with Gasteiger partial charge in [0, 0.05) is 12.6 Å². The van der Waals surface area contributed by atoms with Crippen LogP contribution in [0.5, 0.6) is 0 Å². The molecule has 1 aromatic rings. The average molecular weight is 486 g/mol. The molecule has 7 nitrogen and oxygen atoms in total. The zero-order chi connectivity index (χ0) is 26.2. The van der Waals surface area contributed by atoms with Crippen molar-refractivity contribution in [3.8, 4) is 0 Å². The van der Waals surface area contributed by atoms with Gasteiger partial charge in [0.2, 0.25) is 11.8 Å². The summed E-state index contributed by atoms with van der Waals surface area (Å²) in [4.78, 5) is 41.6. The van der Waals surface area contributed by atoms with Gasteiger partial charge >= 0.3 is 6.09 Å². The maximum atomic E-state index is 13.8. The van der Waals surface area contributed by atoms with Crippen LogP contribution in [-0.4, -0.2) is 47.0 Å². The molecule has 2 atom stereocenters. The van der Waals surface area contributed by atoms with Gasteiger partial charge in [-0.2, -0.15) is 0 Å². The third-order valence-corrected chi connectivity index (χ3v) is 6.20. The van der Waals surface area contributed by atoms with Crippen LogP contribution >= 0.6 is 0 Å². The number of amides is 3. The molecule has 194 valence electrons. The minimum absolute atomic E-state index is 0.107. The van der Waals surface area contributed by atoms with Crippen LogP contribution in [0.25, 0.3) is 6.08 Å². The van der Waals surface area contributed by atoms with Crippen LogP contribution in [0.2, 0.25) is 0 Å². The molecular formula is C28H43N3O4. The first-order chi connectivity index (χ1) is 16.5. The molecule has 35 heavy (non-hydrogen) atoms. The number of ether oxygens (including phenoxy) is 1. The van der Waals surface area contributed by atoms with Gasteiger partial charge in [-0.25, -0.2) is 4.79 Å². The van der Waals surface area contributed by atoms with Crippen LogP contribution in [0.15, 0.2) is 30.8 Å². The third kappa shape index (κ3) is 8.41. The summed E-state index contributed by atoms with van der Waals surface area (Å²) in [6, 6.07) is 5.97. The Labute approximate surface area is 210 Å². The number of benzene rings is 1. The molecule has 1 aliphatic rings. The van der Waals surface area contributed by atoms with E-state index in [1.807, 2.05) is 45.0 Å². The third-order valence-electron chi connectivity index (χ3n) is 6.20. The maximum absolute atomic E-state index is 13.8. The molecule has 2 N–H and O–H groups in total. The summed E-state index contributed by atoms with van der Waals surface area (Å²) in [6.45, 7) is 15.0. The number of likely N-dealkylation sites (N-methyl/N-ethyl adjacent to an activating group) is 1. The predicted octanol–water partition coefficient (Wildman–Crippen LogP) is 5.22. The van der Waals surface area contributed by atoms with Gasteiger partial charge < -0.3 is 20.3 Å². The highest BCUT2D eigenvalue weighted by Gasteiger charge is 2.37. The average Bonchev–Trinajstić information content (AvgIpc) is 2.79. The van der Waals surface area contributed by atoms with Gasteiger partial charge in [-0.1, -0.05) is 64.0 Å². The second-order valence-electron chi connectivity index (χ2n) is 10.6. The van der Waals surface area contributed by atoms with Crippen LogP contribution in [0.4, 0.5) is 4.79 Å². The molecule has 0 aromatic heterocycles. The van der Waals surface area contributed by atoms with Crippen LogP contribution in [0, 0.1) is 5.92 Å². The zero-order valence-electron chi connectivity index (χ0n) is 22.2. The Morgan fingerprint density at radius 1 is 1.17 bits per heavy atom. The molecular weight excluding hydrogens is 442 g/mol. The number of alkyl carbamates (subject to hydrolysis) is 1. The van der Waals surface area contributed by atoms with Crippen LogP contribution in [0.1, 0.15) is 90.8 Å². The molecule has 3 amide bonds. The Morgan fingerprint density at radius 2 is 1.83 bits per heavy atom. The summed E-state index contributed by atoms with van der Waals surface area (Å²) in [5.74, 6) is -0.722. The van der Waals surface area contributed by atoms with E-state index in [0.717, 1.165) is 31.2 Å². The highest BCUT2D eigenvalue weighted by molar-refractivity contribution is 5.92. The Hall–Kier alpha value is -2.83. The number of carbonyl (C=O) groups is 3. The molecule has 2 unspecified atom stereocenters. The number of hydrogen-bond acceptors (Lipinski definition) is 4. The molecule has 1 aliphatic carbocycles. The largest absolute Gasteiger partial charge is 0.444 e. The van der Waals surface area contributed by atoms with E-state index in [4.69, 9.17) is 4.74 Å². The molecule has 1 saturated carbocycles. The summed E-state index contributed by atoms with van der Waals surface area (Å²) >= 11 is 0. The molecule has 1 aromatic carbocycles. The Balaban J connectivity index is 2.39. The fourth-order valence-electron chi connectivity index (χ4n) is 4.45. The molecule has 0 bridgehead atoms. The first kappa shape index (κ1) is 28.4. The Kier molecular flexibility index (Phi) is 10.3. The van der Waals surface area contributed by atoms with Crippen molar-refractivity contribution in [2.75, 3.05) is 6.54 Å². The molecule has 1 fully saturated rings. The van der Waals surface area contributed by atoms with Crippen LogP contribution in [-0.2, 0) is 14.3 Å². The van der Waals surface area contributed by atoms with E-state index in [0.29, 0.717) is 12.1 Å². The van der Waals surface area contributed by atoms with Gasteiger partial charge in [0.05, 0.1) is 0 Å². The van der Waals surface area contributed by atoms with E-state index in [1.165, 1.54) is 6.42 Å². The minimum atomic E-state index is -0.836. The van der Waals surface area contributed by atoms with E-state index >= 15 is 0 Å². The smallest absolute Gasteiger partial charge is 0.408 e. The maximum Gasteiger partial charge on any atom is 0.408 e. The lowest BCUT2D eigenvalue weighted by molar-refractivity contribution is -0.143. The topological polar surface area (TPSA) is 87.7 Å². The highest BCUT2D eigenvalue weighted by Crippen LogP contribution is 2.26. The summed E-state index contributed by atoms with van der Waals surface area (Å²) in [5.41, 5.74) is 0.895. The van der Waals surface area contributed by atoms with Crippen LogP contribution in [0.3, 0.4) is 0 Å². The van der Waals surface area contributed by atoms with E-state index in [1.54, 1.807) is 31.7 Å². The molecule has 0 saturated heterocycles. The standard InChI is InChI=1S/C28H43N3O4/c1-8-20-14-13-15-21(18-20)24(25(32)29-22-16-11-10-12-17-22)31(9-2)26(33)23(19(3)4)30-27(34)35-28(5,6)7/h8,13-15,18-19,22-24H,1,9-12,16-17H2,2-7H3,(H,29,32)(H,30,34). The van der Waals surface area contributed by atoms with Gasteiger partial charge in [-0.3, -0.25) is 9.59 Å². The second kappa shape index (κ2) is 12.8. The molecule has 0 spiro atoms. The lowest BCUT2D eigenvalue weighted by atomic mass is 9.94. The monoisotopic (exact) mass is 485 g/mol. The Morgan fingerprint density at radius 3 is 2.37 bits per heavy atom. The Bertz CT molecular complexity index is 884. The molecule has 0 aliphatic heterocycles. The number of hydrogen-bond donors (Lipinski definition) is 2. The van der Waals surface area contributed by atoms with Gasteiger partial charge in [-0.05, 0) is 63.6 Å². The van der Waals surface area contributed by atoms with Gasteiger partial charge in [0.25, 0.3) is 0 Å². The summed E-state index contributed by atoms with van der Waals surface area (Å²) < 4.78 is 5.39. The first-order valence-corrected chi connectivity index (χ1v) is 12.8. The SMILES string of the molecule is C=Cc1cccc(C(C(=O)NC2CCCCC2)N(CC)C(=O)C(NC(=O)OC(C)(C)C)C(C)C)c1. The lowest BCUT2D eigenvalue weighted by Crippen LogP contribution is -2.55. The van der Waals surface area contributed by atoms with Crippen molar-refractivity contribution in [2.45, 2.75) is 97.4 Å². The fourth-order valence-corrected chi connectivity index (χ4v) is 4.45. The predicted molar refractivity (Wildman–Crippen MR) is 140 cm³/mol. The summed E-state index contributed by atoms with van der Waals surface area (Å²) in [7, 11) is 0.